The van der Waals surface area contributed by atoms with Crippen LogP contribution in [0.15, 0.2) is 0 Å². The fraction of sp³-hybridized carbons (Fsp3) is 0.500. The van der Waals surface area contributed by atoms with Crippen LogP contribution in [0.2, 0.25) is 0 Å². The molecule has 0 aromatic rings. The Morgan fingerprint density at radius 1 is 1.70 bits per heavy atom. The summed E-state index contributed by atoms with van der Waals surface area (Å²) < 4.78 is 0. The number of amides is 3. The number of hydrazine groups is 1. The monoisotopic (exact) mass is 147 g/mol. The number of hydrogen-bond acceptors (Lipinski definition) is 3. The van der Waals surface area contributed by atoms with Gasteiger partial charge in [-0.3, -0.25) is 10.2 Å². The van der Waals surface area contributed by atoms with Gasteiger partial charge < -0.3 is 10.8 Å². The van der Waals surface area contributed by atoms with Crippen LogP contribution in [0.4, 0.5) is 4.79 Å². The van der Waals surface area contributed by atoms with Gasteiger partial charge in [-0.25, -0.2) is 9.80 Å². The SMILES string of the molecule is CN(NC(=O)CO)C(N)=O. The van der Waals surface area contributed by atoms with Gasteiger partial charge in [-0.2, -0.15) is 0 Å². The van der Waals surface area contributed by atoms with Crippen molar-refractivity contribution in [1.82, 2.24) is 10.4 Å². The number of nitrogens with zero attached hydrogens (tertiary/aromatic N) is 1. The third-order valence-corrected chi connectivity index (χ3v) is 0.767. The number of carbonyl (C=O) groups is 2. The maximum absolute atomic E-state index is 10.3. The van der Waals surface area contributed by atoms with Gasteiger partial charge in [0, 0.05) is 7.05 Å². The minimum absolute atomic E-state index is 0.669. The van der Waals surface area contributed by atoms with Gasteiger partial charge in [0.05, 0.1) is 0 Å². The first kappa shape index (κ1) is 8.70. The normalized spacial score (nSPS) is 8.60. The predicted octanol–water partition coefficient (Wildman–Crippen LogP) is -1.98. The lowest BCUT2D eigenvalue weighted by atomic mass is 10.7. The van der Waals surface area contributed by atoms with E-state index in [0.29, 0.717) is 0 Å². The van der Waals surface area contributed by atoms with Gasteiger partial charge >= 0.3 is 6.03 Å². The molecule has 0 unspecified atom stereocenters. The number of primary amides is 1. The lowest BCUT2D eigenvalue weighted by Gasteiger charge is -2.13. The topological polar surface area (TPSA) is 95.7 Å². The van der Waals surface area contributed by atoms with E-state index in [9.17, 15) is 9.59 Å². The maximum atomic E-state index is 10.3. The van der Waals surface area contributed by atoms with Crippen LogP contribution in [0.5, 0.6) is 0 Å². The number of nitrogens with two attached hydrogens (primary N) is 1. The molecule has 0 aliphatic rings. The van der Waals surface area contributed by atoms with E-state index in [-0.39, 0.29) is 0 Å². The molecule has 0 radical (unpaired) electrons. The fourth-order valence-corrected chi connectivity index (χ4v) is 0.278. The molecule has 0 fully saturated rings. The van der Waals surface area contributed by atoms with Gasteiger partial charge in [0.15, 0.2) is 0 Å². The molecular formula is C4H9N3O3. The second kappa shape index (κ2) is 3.67. The number of carbonyl (C=O) groups excluding carboxylic acids is 2. The van der Waals surface area contributed by atoms with Crippen molar-refractivity contribution in [3.05, 3.63) is 0 Å². The molecule has 0 atom stereocenters. The zero-order chi connectivity index (χ0) is 8.15. The standard InChI is InChI=1S/C4H9N3O3/c1-7(4(5)10)6-3(9)2-8/h8H,2H2,1H3,(H2,5,10)(H,6,9). The van der Waals surface area contributed by atoms with Crippen LogP contribution >= 0.6 is 0 Å². The summed E-state index contributed by atoms with van der Waals surface area (Å²) in [6.07, 6.45) is 0. The van der Waals surface area contributed by atoms with Crippen molar-refractivity contribution in [2.24, 2.45) is 5.73 Å². The summed E-state index contributed by atoms with van der Waals surface area (Å²) in [4.78, 5) is 20.5. The molecule has 0 spiro atoms. The molecule has 58 valence electrons. The summed E-state index contributed by atoms with van der Waals surface area (Å²) in [6.45, 7) is -0.669. The van der Waals surface area contributed by atoms with Crippen molar-refractivity contribution in [3.8, 4) is 0 Å². The average molecular weight is 147 g/mol. The van der Waals surface area contributed by atoms with Crippen molar-refractivity contribution in [3.63, 3.8) is 0 Å². The highest BCUT2D eigenvalue weighted by Gasteiger charge is 2.04. The summed E-state index contributed by atoms with van der Waals surface area (Å²) >= 11 is 0. The Morgan fingerprint density at radius 3 is 2.50 bits per heavy atom. The highest BCUT2D eigenvalue weighted by Crippen LogP contribution is 1.72. The van der Waals surface area contributed by atoms with Gasteiger partial charge in [-0.05, 0) is 0 Å². The van der Waals surface area contributed by atoms with Crippen molar-refractivity contribution < 1.29 is 14.7 Å². The Labute approximate surface area is 57.6 Å². The molecule has 0 heterocycles. The smallest absolute Gasteiger partial charge is 0.333 e. The number of rotatable bonds is 1. The molecule has 0 aliphatic heterocycles. The quantitative estimate of drug-likeness (QED) is 0.375. The molecule has 0 aliphatic carbocycles. The van der Waals surface area contributed by atoms with E-state index in [1.54, 1.807) is 0 Å². The largest absolute Gasteiger partial charge is 0.386 e. The minimum atomic E-state index is -0.790. The van der Waals surface area contributed by atoms with E-state index in [0.717, 1.165) is 5.01 Å². The Kier molecular flexibility index (Phi) is 3.20. The average Bonchev–Trinajstić information content (AvgIpc) is 1.87. The fourth-order valence-electron chi connectivity index (χ4n) is 0.278. The molecule has 4 N–H and O–H groups in total. The van der Waals surface area contributed by atoms with Crippen LogP contribution in [-0.2, 0) is 4.79 Å². The van der Waals surface area contributed by atoms with Crippen LogP contribution in [0, 0.1) is 0 Å². The number of hydrogen-bond donors (Lipinski definition) is 3. The van der Waals surface area contributed by atoms with Crippen molar-refractivity contribution >= 4 is 11.9 Å². The van der Waals surface area contributed by atoms with Crippen molar-refractivity contribution in [2.75, 3.05) is 13.7 Å². The molecule has 3 amide bonds. The van der Waals surface area contributed by atoms with Crippen molar-refractivity contribution in [1.29, 1.82) is 0 Å². The van der Waals surface area contributed by atoms with Gasteiger partial charge in [0.2, 0.25) is 0 Å². The van der Waals surface area contributed by atoms with Crippen molar-refractivity contribution in [2.45, 2.75) is 0 Å². The van der Waals surface area contributed by atoms with E-state index in [4.69, 9.17) is 10.8 Å². The van der Waals surface area contributed by atoms with Crippen LogP contribution in [0.3, 0.4) is 0 Å². The lowest BCUT2D eigenvalue weighted by molar-refractivity contribution is -0.127. The first-order valence-corrected chi connectivity index (χ1v) is 2.51. The Morgan fingerprint density at radius 2 is 2.20 bits per heavy atom. The molecule has 0 aromatic carbocycles. The molecule has 0 bridgehead atoms. The highest BCUT2D eigenvalue weighted by molar-refractivity contribution is 5.80. The van der Waals surface area contributed by atoms with Crippen LogP contribution < -0.4 is 11.2 Å². The molecule has 6 heteroatoms. The van der Waals surface area contributed by atoms with Gasteiger partial charge in [0.25, 0.3) is 5.91 Å². The number of nitrogens with one attached hydrogen (secondary N) is 1. The van der Waals surface area contributed by atoms with E-state index >= 15 is 0 Å². The van der Waals surface area contributed by atoms with Gasteiger partial charge in [-0.1, -0.05) is 0 Å². The van der Waals surface area contributed by atoms with E-state index < -0.39 is 18.5 Å². The van der Waals surface area contributed by atoms with E-state index in [1.165, 1.54) is 7.05 Å². The Bertz CT molecular complexity index is 147. The Balaban J connectivity index is 3.68. The summed E-state index contributed by atoms with van der Waals surface area (Å²) in [5, 5.41) is 8.95. The molecule has 0 rings (SSSR count). The molecule has 10 heavy (non-hydrogen) atoms. The second-order valence-electron chi connectivity index (χ2n) is 1.59. The summed E-state index contributed by atoms with van der Waals surface area (Å²) in [6, 6.07) is -0.790. The minimum Gasteiger partial charge on any atom is -0.386 e. The first-order chi connectivity index (χ1) is 4.57. The summed E-state index contributed by atoms with van der Waals surface area (Å²) in [7, 11) is 1.27. The van der Waals surface area contributed by atoms with E-state index in [1.807, 2.05) is 5.43 Å². The van der Waals surface area contributed by atoms with Gasteiger partial charge in [-0.15, -0.1) is 0 Å². The third kappa shape index (κ3) is 2.88. The molecule has 6 nitrogen and oxygen atoms in total. The van der Waals surface area contributed by atoms with Crippen LogP contribution in [-0.4, -0.2) is 35.7 Å². The van der Waals surface area contributed by atoms with E-state index in [2.05, 4.69) is 0 Å². The second-order valence-corrected chi connectivity index (χ2v) is 1.59. The van der Waals surface area contributed by atoms with Gasteiger partial charge in [0.1, 0.15) is 6.61 Å². The maximum Gasteiger partial charge on any atom is 0.333 e. The number of urea groups is 1. The first-order valence-electron chi connectivity index (χ1n) is 2.51. The number of aliphatic hydroxyl groups excluding tert-OH is 1. The summed E-state index contributed by atoms with van der Waals surface area (Å²) in [5.41, 5.74) is 6.73. The highest BCUT2D eigenvalue weighted by atomic mass is 16.3. The molecule has 0 saturated heterocycles. The zero-order valence-electron chi connectivity index (χ0n) is 5.50. The summed E-state index contributed by atoms with van der Waals surface area (Å²) in [5.74, 6) is -0.679. The third-order valence-electron chi connectivity index (χ3n) is 0.767. The molecule has 0 saturated carbocycles. The lowest BCUT2D eigenvalue weighted by Crippen LogP contribution is -2.46. The van der Waals surface area contributed by atoms with Crippen LogP contribution in [0.1, 0.15) is 0 Å². The predicted molar refractivity (Wildman–Crippen MR) is 32.6 cm³/mol. The number of aliphatic hydroxyl groups is 1. The Hall–Kier alpha value is -1.30. The molecular weight excluding hydrogens is 138 g/mol. The zero-order valence-corrected chi connectivity index (χ0v) is 5.50. The van der Waals surface area contributed by atoms with Crippen LogP contribution in [0.25, 0.3) is 0 Å². The molecule has 0 aromatic heterocycles.